The smallest absolute Gasteiger partial charge is 0.276 e. The summed E-state index contributed by atoms with van der Waals surface area (Å²) in [5.41, 5.74) is 1.74. The van der Waals surface area contributed by atoms with E-state index in [0.717, 1.165) is 5.69 Å². The summed E-state index contributed by atoms with van der Waals surface area (Å²) < 4.78 is 0. The zero-order chi connectivity index (χ0) is 17.8. The molecule has 1 amide bonds. The van der Waals surface area contributed by atoms with Gasteiger partial charge in [-0.25, -0.2) is 9.97 Å². The van der Waals surface area contributed by atoms with Gasteiger partial charge in [-0.3, -0.25) is 4.79 Å². The molecule has 25 heavy (non-hydrogen) atoms. The predicted molar refractivity (Wildman–Crippen MR) is 101 cm³/mol. The fourth-order valence-corrected chi connectivity index (χ4v) is 2.48. The monoisotopic (exact) mass is 372 g/mol. The molecule has 1 heterocycles. The Morgan fingerprint density at radius 3 is 2.52 bits per heavy atom. The Bertz CT molecular complexity index is 903. The summed E-state index contributed by atoms with van der Waals surface area (Å²) in [4.78, 5) is 22.6. The van der Waals surface area contributed by atoms with Gasteiger partial charge in [0.05, 0.1) is 10.0 Å². The number of rotatable bonds is 4. The van der Waals surface area contributed by atoms with Crippen LogP contribution < -0.4 is 10.2 Å². The molecule has 0 saturated carbocycles. The van der Waals surface area contributed by atoms with Crippen LogP contribution in [0.25, 0.3) is 0 Å². The van der Waals surface area contributed by atoms with Gasteiger partial charge in [0, 0.05) is 24.6 Å². The molecule has 0 fully saturated rings. The maximum absolute atomic E-state index is 12.6. The first-order valence-electron chi connectivity index (χ1n) is 7.43. The first kappa shape index (κ1) is 17.2. The average molecular weight is 373 g/mol. The summed E-state index contributed by atoms with van der Waals surface area (Å²) in [5, 5.41) is 3.89. The van der Waals surface area contributed by atoms with Crippen LogP contribution in [-0.4, -0.2) is 22.9 Å². The van der Waals surface area contributed by atoms with Gasteiger partial charge < -0.3 is 10.2 Å². The predicted octanol–water partition coefficient (Wildman–Crippen LogP) is 4.80. The van der Waals surface area contributed by atoms with Gasteiger partial charge in [0.2, 0.25) is 5.95 Å². The first-order chi connectivity index (χ1) is 12.0. The summed E-state index contributed by atoms with van der Waals surface area (Å²) in [6, 6.07) is 16.0. The molecule has 1 N–H and O–H groups in total. The maximum Gasteiger partial charge on any atom is 0.276 e. The second kappa shape index (κ2) is 7.51. The number of anilines is 3. The molecule has 1 aromatic heterocycles. The molecule has 0 atom stereocenters. The first-order valence-corrected chi connectivity index (χ1v) is 8.18. The van der Waals surface area contributed by atoms with E-state index in [1.807, 2.05) is 30.3 Å². The van der Waals surface area contributed by atoms with Crippen LogP contribution in [0.15, 0.2) is 60.8 Å². The molecular weight excluding hydrogens is 359 g/mol. The molecule has 0 saturated heterocycles. The zero-order valence-corrected chi connectivity index (χ0v) is 14.8. The van der Waals surface area contributed by atoms with Crippen LogP contribution in [0.2, 0.25) is 10.0 Å². The lowest BCUT2D eigenvalue weighted by Gasteiger charge is -2.17. The van der Waals surface area contributed by atoms with Crippen LogP contribution in [0, 0.1) is 0 Å². The summed E-state index contributed by atoms with van der Waals surface area (Å²) in [6.45, 7) is 0. The number of hydrogen-bond donors (Lipinski definition) is 1. The van der Waals surface area contributed by atoms with Crippen molar-refractivity contribution in [1.82, 2.24) is 9.97 Å². The van der Waals surface area contributed by atoms with Crippen molar-refractivity contribution >= 4 is 46.4 Å². The van der Waals surface area contributed by atoms with Gasteiger partial charge in [-0.2, -0.15) is 0 Å². The largest absolute Gasteiger partial charge is 0.324 e. The van der Waals surface area contributed by atoms with Gasteiger partial charge >= 0.3 is 0 Å². The van der Waals surface area contributed by atoms with E-state index >= 15 is 0 Å². The lowest BCUT2D eigenvalue weighted by atomic mass is 10.2. The Morgan fingerprint density at radius 1 is 1.04 bits per heavy atom. The van der Waals surface area contributed by atoms with Crippen molar-refractivity contribution in [2.45, 2.75) is 0 Å². The molecule has 5 nitrogen and oxygen atoms in total. The molecule has 0 aliphatic carbocycles. The van der Waals surface area contributed by atoms with E-state index < -0.39 is 0 Å². The number of aromatic nitrogens is 2. The highest BCUT2D eigenvalue weighted by Gasteiger charge is 2.15. The van der Waals surface area contributed by atoms with E-state index in [9.17, 15) is 4.79 Å². The van der Waals surface area contributed by atoms with Crippen molar-refractivity contribution in [3.63, 3.8) is 0 Å². The highest BCUT2D eigenvalue weighted by Crippen LogP contribution is 2.26. The van der Waals surface area contributed by atoms with E-state index in [1.54, 1.807) is 31.3 Å². The van der Waals surface area contributed by atoms with Gasteiger partial charge in [-0.05, 0) is 36.4 Å². The number of para-hydroxylation sites is 1. The Balaban J connectivity index is 1.81. The molecule has 0 spiro atoms. The van der Waals surface area contributed by atoms with Crippen LogP contribution in [0.1, 0.15) is 10.5 Å². The van der Waals surface area contributed by atoms with E-state index in [-0.39, 0.29) is 11.6 Å². The van der Waals surface area contributed by atoms with Gasteiger partial charge in [-0.1, -0.05) is 41.4 Å². The number of carbonyl (C=O) groups excluding carboxylic acids is 1. The lowest BCUT2D eigenvalue weighted by molar-refractivity contribution is 0.0988. The van der Waals surface area contributed by atoms with Crippen LogP contribution >= 0.6 is 23.2 Å². The normalized spacial score (nSPS) is 10.4. The Labute approximate surface area is 155 Å². The van der Waals surface area contributed by atoms with Gasteiger partial charge in [0.1, 0.15) is 5.69 Å². The number of hydrogen-bond acceptors (Lipinski definition) is 4. The summed E-state index contributed by atoms with van der Waals surface area (Å²) in [5.74, 6) is 0.0662. The fraction of sp³-hybridized carbons (Fsp3) is 0.0556. The van der Waals surface area contributed by atoms with E-state index in [4.69, 9.17) is 23.2 Å². The molecule has 0 radical (unpaired) electrons. The standard InChI is InChI=1S/C18H14Cl2N4O/c1-24(13-5-3-2-4-6-13)17(25)16-9-10-21-18(23-16)22-12-7-8-14(19)15(20)11-12/h2-11H,1H3,(H,21,22,23). The second-order valence-corrected chi connectivity index (χ2v) is 6.03. The number of carbonyl (C=O) groups is 1. The number of halogens is 2. The molecule has 3 aromatic rings. The molecule has 126 valence electrons. The van der Waals surface area contributed by atoms with Crippen molar-refractivity contribution in [2.24, 2.45) is 0 Å². The molecule has 2 aromatic carbocycles. The van der Waals surface area contributed by atoms with Crippen molar-refractivity contribution in [1.29, 1.82) is 0 Å². The number of nitrogens with one attached hydrogen (secondary N) is 1. The number of amides is 1. The van der Waals surface area contributed by atoms with Crippen LogP contribution in [0.3, 0.4) is 0 Å². The maximum atomic E-state index is 12.6. The molecule has 0 aliphatic heterocycles. The third-order valence-electron chi connectivity index (χ3n) is 3.50. The highest BCUT2D eigenvalue weighted by molar-refractivity contribution is 6.42. The topological polar surface area (TPSA) is 58.1 Å². The van der Waals surface area contributed by atoms with Crippen LogP contribution in [0.4, 0.5) is 17.3 Å². The highest BCUT2D eigenvalue weighted by atomic mass is 35.5. The van der Waals surface area contributed by atoms with E-state index in [0.29, 0.717) is 21.7 Å². The Kier molecular flexibility index (Phi) is 5.16. The number of benzene rings is 2. The lowest BCUT2D eigenvalue weighted by Crippen LogP contribution is -2.27. The summed E-state index contributed by atoms with van der Waals surface area (Å²) in [6.07, 6.45) is 1.53. The molecule has 3 rings (SSSR count). The van der Waals surface area contributed by atoms with Crippen molar-refractivity contribution < 1.29 is 4.79 Å². The Hall–Kier alpha value is -2.63. The molecule has 0 unspecified atom stereocenters. The third kappa shape index (κ3) is 4.07. The average Bonchev–Trinajstić information content (AvgIpc) is 2.64. The molecule has 0 bridgehead atoms. The van der Waals surface area contributed by atoms with Crippen molar-refractivity contribution in [2.75, 3.05) is 17.3 Å². The quantitative estimate of drug-likeness (QED) is 0.714. The van der Waals surface area contributed by atoms with Crippen LogP contribution in [-0.2, 0) is 0 Å². The minimum absolute atomic E-state index is 0.231. The van der Waals surface area contributed by atoms with Gasteiger partial charge in [0.25, 0.3) is 5.91 Å². The minimum Gasteiger partial charge on any atom is -0.324 e. The molecular formula is C18H14Cl2N4O. The molecule has 0 aliphatic rings. The zero-order valence-electron chi connectivity index (χ0n) is 13.3. The third-order valence-corrected chi connectivity index (χ3v) is 4.24. The summed E-state index contributed by atoms with van der Waals surface area (Å²) >= 11 is 11.9. The van der Waals surface area contributed by atoms with Crippen LogP contribution in [0.5, 0.6) is 0 Å². The van der Waals surface area contributed by atoms with Gasteiger partial charge in [0.15, 0.2) is 0 Å². The molecule has 7 heteroatoms. The van der Waals surface area contributed by atoms with E-state index in [1.165, 1.54) is 11.1 Å². The summed E-state index contributed by atoms with van der Waals surface area (Å²) in [7, 11) is 1.70. The van der Waals surface area contributed by atoms with Crippen molar-refractivity contribution in [3.8, 4) is 0 Å². The Morgan fingerprint density at radius 2 is 1.80 bits per heavy atom. The second-order valence-electron chi connectivity index (χ2n) is 5.22. The fourth-order valence-electron chi connectivity index (χ4n) is 2.18. The van der Waals surface area contributed by atoms with Crippen molar-refractivity contribution in [3.05, 3.63) is 76.5 Å². The minimum atomic E-state index is -0.231. The van der Waals surface area contributed by atoms with Gasteiger partial charge in [-0.15, -0.1) is 0 Å². The SMILES string of the molecule is CN(C(=O)c1ccnc(Nc2ccc(Cl)c(Cl)c2)n1)c1ccccc1. The van der Waals surface area contributed by atoms with E-state index in [2.05, 4.69) is 15.3 Å². The number of nitrogens with zero attached hydrogens (tertiary/aromatic N) is 3.